The maximum Gasteiger partial charge on any atom is 0.259 e. The van der Waals surface area contributed by atoms with Gasteiger partial charge in [0.05, 0.1) is 17.4 Å². The van der Waals surface area contributed by atoms with Gasteiger partial charge in [0.2, 0.25) is 0 Å². The van der Waals surface area contributed by atoms with Gasteiger partial charge in [0.15, 0.2) is 5.78 Å². The molecule has 0 spiro atoms. The molecule has 0 saturated heterocycles. The molecule has 7 rings (SSSR count). The van der Waals surface area contributed by atoms with Gasteiger partial charge in [-0.2, -0.15) is 0 Å². The molecule has 0 radical (unpaired) electrons. The van der Waals surface area contributed by atoms with Gasteiger partial charge in [-0.15, -0.1) is 0 Å². The average molecular weight is 577 g/mol. The lowest BCUT2D eigenvalue weighted by molar-refractivity contribution is -0.116. The number of para-hydroxylation sites is 3. The van der Waals surface area contributed by atoms with E-state index < -0.39 is 6.04 Å². The Morgan fingerprint density at radius 2 is 1.36 bits per heavy atom. The molecule has 5 aromatic carbocycles. The highest BCUT2D eigenvalue weighted by Gasteiger charge is 2.42. The van der Waals surface area contributed by atoms with Crippen LogP contribution in [0.15, 0.2) is 151 Å². The summed E-state index contributed by atoms with van der Waals surface area (Å²) < 4.78 is 6.45. The summed E-state index contributed by atoms with van der Waals surface area (Å²) in [6.45, 7) is 0.363. The zero-order valence-electron chi connectivity index (χ0n) is 24.2. The number of anilines is 2. The van der Waals surface area contributed by atoms with Crippen LogP contribution in [0, 0.1) is 0 Å². The Labute approximate surface area is 257 Å². The van der Waals surface area contributed by atoms with Crippen LogP contribution < -0.4 is 15.0 Å². The van der Waals surface area contributed by atoms with Crippen molar-refractivity contribution in [1.82, 2.24) is 0 Å². The molecule has 5 heteroatoms. The molecular weight excluding hydrogens is 544 g/mol. The van der Waals surface area contributed by atoms with Crippen molar-refractivity contribution < 1.29 is 14.3 Å². The number of amides is 1. The first kappa shape index (κ1) is 27.4. The number of nitrogens with one attached hydrogen (secondary N) is 1. The van der Waals surface area contributed by atoms with Crippen molar-refractivity contribution in [3.63, 3.8) is 0 Å². The van der Waals surface area contributed by atoms with Crippen LogP contribution >= 0.6 is 0 Å². The first-order valence-electron chi connectivity index (χ1n) is 15.0. The third-order valence-electron chi connectivity index (χ3n) is 8.45. The summed E-state index contributed by atoms with van der Waals surface area (Å²) in [4.78, 5) is 30.8. The zero-order valence-corrected chi connectivity index (χ0v) is 24.2. The molecule has 44 heavy (non-hydrogen) atoms. The smallest absolute Gasteiger partial charge is 0.259 e. The van der Waals surface area contributed by atoms with E-state index in [1.807, 2.05) is 127 Å². The zero-order chi connectivity index (χ0) is 29.9. The molecule has 1 aliphatic carbocycles. The highest BCUT2D eigenvalue weighted by atomic mass is 16.5. The Bertz CT molecular complexity index is 1830. The monoisotopic (exact) mass is 576 g/mol. The topological polar surface area (TPSA) is 58.6 Å². The van der Waals surface area contributed by atoms with Crippen molar-refractivity contribution in [2.75, 3.05) is 10.2 Å². The van der Waals surface area contributed by atoms with E-state index in [-0.39, 0.29) is 17.6 Å². The Morgan fingerprint density at radius 3 is 2.14 bits per heavy atom. The number of carbonyl (C=O) groups is 2. The summed E-state index contributed by atoms with van der Waals surface area (Å²) in [5, 5.41) is 3.63. The van der Waals surface area contributed by atoms with E-state index in [9.17, 15) is 9.59 Å². The molecule has 5 aromatic rings. The number of fused-ring (bicyclic) bond motifs is 1. The molecule has 1 amide bonds. The van der Waals surface area contributed by atoms with Crippen LogP contribution in [0.25, 0.3) is 0 Å². The standard InChI is InChI=1S/C39H32N2O3/c42-35-25-30(28-16-6-2-7-17-28)24-33-37(35)38(31-20-10-13-23-36(31)44-26-27-14-4-1-5-15-27)41(34-22-12-11-21-32(34)40-33)39(43)29-18-8-3-9-19-29/h1-23,30,38,40H,24-26H2/t30-,38+/m0/s1. The Morgan fingerprint density at radius 1 is 0.727 bits per heavy atom. The van der Waals surface area contributed by atoms with E-state index in [1.165, 1.54) is 0 Å². The van der Waals surface area contributed by atoms with Crippen LogP contribution in [0.3, 0.4) is 0 Å². The van der Waals surface area contributed by atoms with Gasteiger partial charge in [0.1, 0.15) is 12.4 Å². The first-order valence-corrected chi connectivity index (χ1v) is 15.0. The fourth-order valence-corrected chi connectivity index (χ4v) is 6.36. The van der Waals surface area contributed by atoms with Gasteiger partial charge < -0.3 is 10.1 Å². The van der Waals surface area contributed by atoms with Crippen LogP contribution in [-0.4, -0.2) is 11.7 Å². The van der Waals surface area contributed by atoms with Crippen LogP contribution in [0.5, 0.6) is 5.75 Å². The number of benzene rings is 5. The minimum absolute atomic E-state index is 0.0223. The molecule has 1 heterocycles. The number of Topliss-reactive ketones (excluding diaryl/α,β-unsaturated/α-hetero) is 1. The lowest BCUT2D eigenvalue weighted by Crippen LogP contribution is -2.38. The minimum atomic E-state index is -0.704. The summed E-state index contributed by atoms with van der Waals surface area (Å²) in [5.41, 5.74) is 6.43. The van der Waals surface area contributed by atoms with Crippen molar-refractivity contribution in [2.24, 2.45) is 0 Å². The summed E-state index contributed by atoms with van der Waals surface area (Å²) in [6, 6.07) is 44.3. The second-order valence-corrected chi connectivity index (χ2v) is 11.2. The molecule has 1 aliphatic heterocycles. The highest BCUT2D eigenvalue weighted by molar-refractivity contribution is 6.12. The summed E-state index contributed by atoms with van der Waals surface area (Å²) >= 11 is 0. The maximum atomic E-state index is 14.6. The highest BCUT2D eigenvalue weighted by Crippen LogP contribution is 2.49. The number of rotatable bonds is 6. The molecular formula is C39H32N2O3. The molecule has 0 aromatic heterocycles. The number of ketones is 1. The van der Waals surface area contributed by atoms with E-state index in [0.717, 1.165) is 28.1 Å². The van der Waals surface area contributed by atoms with Crippen LogP contribution in [-0.2, 0) is 11.4 Å². The van der Waals surface area contributed by atoms with Gasteiger partial charge in [0, 0.05) is 28.8 Å². The second-order valence-electron chi connectivity index (χ2n) is 11.2. The number of carbonyl (C=O) groups excluding carboxylic acids is 2. The normalized spacial score (nSPS) is 17.6. The van der Waals surface area contributed by atoms with Gasteiger partial charge in [-0.05, 0) is 53.8 Å². The van der Waals surface area contributed by atoms with E-state index in [2.05, 4.69) is 17.4 Å². The molecule has 5 nitrogen and oxygen atoms in total. The number of allylic oxidation sites excluding steroid dienone is 1. The second kappa shape index (κ2) is 12.1. The number of nitrogens with zero attached hydrogens (tertiary/aromatic N) is 1. The maximum absolute atomic E-state index is 14.6. The summed E-state index contributed by atoms with van der Waals surface area (Å²) in [7, 11) is 0. The van der Waals surface area contributed by atoms with Crippen molar-refractivity contribution in [3.8, 4) is 5.75 Å². The lowest BCUT2D eigenvalue weighted by Gasteiger charge is -2.36. The molecule has 0 unspecified atom stereocenters. The number of hydrogen-bond donors (Lipinski definition) is 1. The Balaban J connectivity index is 1.41. The molecule has 2 aliphatic rings. The number of hydrogen-bond acceptors (Lipinski definition) is 4. The first-order chi connectivity index (χ1) is 21.7. The Hall–Kier alpha value is -5.42. The van der Waals surface area contributed by atoms with Crippen LogP contribution in [0.2, 0.25) is 0 Å². The van der Waals surface area contributed by atoms with Gasteiger partial charge in [0.25, 0.3) is 5.91 Å². The van der Waals surface area contributed by atoms with Crippen LogP contribution in [0.4, 0.5) is 11.4 Å². The predicted molar refractivity (Wildman–Crippen MR) is 174 cm³/mol. The average Bonchev–Trinajstić information content (AvgIpc) is 3.23. The van der Waals surface area contributed by atoms with Crippen molar-refractivity contribution in [3.05, 3.63) is 173 Å². The SMILES string of the molecule is O=C1C[C@@H](c2ccccc2)CC2=C1[C@@H](c1ccccc1OCc1ccccc1)N(C(=O)c1ccccc1)c1ccccc1N2. The molecule has 1 N–H and O–H groups in total. The van der Waals surface area contributed by atoms with Gasteiger partial charge in [-0.3, -0.25) is 14.5 Å². The summed E-state index contributed by atoms with van der Waals surface area (Å²) in [6.07, 6.45) is 1.01. The van der Waals surface area contributed by atoms with E-state index >= 15 is 0 Å². The molecule has 0 saturated carbocycles. The van der Waals surface area contributed by atoms with Crippen molar-refractivity contribution in [1.29, 1.82) is 0 Å². The van der Waals surface area contributed by atoms with E-state index in [1.54, 1.807) is 4.90 Å². The van der Waals surface area contributed by atoms with Crippen molar-refractivity contribution in [2.45, 2.75) is 31.4 Å². The fourth-order valence-electron chi connectivity index (χ4n) is 6.36. The van der Waals surface area contributed by atoms with E-state index in [0.29, 0.717) is 42.0 Å². The molecule has 216 valence electrons. The van der Waals surface area contributed by atoms with Gasteiger partial charge in [-0.1, -0.05) is 109 Å². The summed E-state index contributed by atoms with van der Waals surface area (Å²) in [5.74, 6) is 0.503. The third kappa shape index (κ3) is 5.29. The lowest BCUT2D eigenvalue weighted by atomic mass is 9.78. The molecule has 0 fully saturated rings. The molecule has 2 atom stereocenters. The number of ether oxygens (including phenoxy) is 1. The van der Waals surface area contributed by atoms with Crippen molar-refractivity contribution >= 4 is 23.1 Å². The van der Waals surface area contributed by atoms with Gasteiger partial charge in [-0.25, -0.2) is 0 Å². The van der Waals surface area contributed by atoms with E-state index in [4.69, 9.17) is 4.74 Å². The predicted octanol–water partition coefficient (Wildman–Crippen LogP) is 8.48. The third-order valence-corrected chi connectivity index (χ3v) is 8.45. The minimum Gasteiger partial charge on any atom is -0.489 e. The Kier molecular flexibility index (Phi) is 7.51. The molecule has 0 bridgehead atoms. The van der Waals surface area contributed by atoms with Gasteiger partial charge >= 0.3 is 0 Å². The van der Waals surface area contributed by atoms with Crippen LogP contribution in [0.1, 0.15) is 51.8 Å². The largest absolute Gasteiger partial charge is 0.489 e. The fraction of sp³-hybridized carbons (Fsp3) is 0.128. The quantitative estimate of drug-likeness (QED) is 0.220.